The molecule has 1 saturated carbocycles. The van der Waals surface area contributed by atoms with Crippen LogP contribution in [-0.4, -0.2) is 57.8 Å². The fourth-order valence-corrected chi connectivity index (χ4v) is 5.72. The molecule has 12 heteroatoms. The SMILES string of the molecule is Cc1nn(C(C)C)cc1S(=O)(=O)NC1CCN(c2cccc3nc(NC(=O)C4CC4)nn23)CC1. The van der Waals surface area contributed by atoms with Gasteiger partial charge in [-0.2, -0.15) is 14.6 Å². The second-order valence-corrected chi connectivity index (χ2v) is 11.1. The summed E-state index contributed by atoms with van der Waals surface area (Å²) < 4.78 is 32.3. The number of carbonyl (C=O) groups is 1. The second-order valence-electron chi connectivity index (χ2n) is 9.39. The molecular formula is C22H30N8O3S. The van der Waals surface area contributed by atoms with Gasteiger partial charge in [-0.05, 0) is 58.6 Å². The number of amides is 1. The van der Waals surface area contributed by atoms with E-state index in [4.69, 9.17) is 0 Å². The summed E-state index contributed by atoms with van der Waals surface area (Å²) >= 11 is 0. The predicted molar refractivity (Wildman–Crippen MR) is 127 cm³/mol. The van der Waals surface area contributed by atoms with E-state index in [0.29, 0.717) is 43.2 Å². The number of pyridine rings is 1. The number of fused-ring (bicyclic) bond motifs is 1. The molecule has 3 aromatic heterocycles. The molecule has 4 heterocycles. The Hall–Kier alpha value is -2.99. The summed E-state index contributed by atoms with van der Waals surface area (Å²) in [5, 5.41) is 11.6. The normalized spacial score (nSPS) is 17.6. The van der Waals surface area contributed by atoms with Crippen molar-refractivity contribution in [3.8, 4) is 0 Å². The zero-order valence-electron chi connectivity index (χ0n) is 19.6. The van der Waals surface area contributed by atoms with Crippen molar-refractivity contribution in [1.29, 1.82) is 0 Å². The van der Waals surface area contributed by atoms with Crippen LogP contribution in [0.3, 0.4) is 0 Å². The largest absolute Gasteiger partial charge is 0.356 e. The standard InChI is InChI=1S/C22H30N8O3S/c1-14(2)29-13-18(15(3)25-29)34(32,33)27-17-9-11-28(12-10-17)20-6-4-5-19-23-22(26-30(19)20)24-21(31)16-7-8-16/h4-6,13-14,16-17,27H,7-12H2,1-3H3,(H,24,26,31). The summed E-state index contributed by atoms with van der Waals surface area (Å²) in [4.78, 5) is 18.9. The molecule has 2 N–H and O–H groups in total. The molecule has 3 aromatic rings. The monoisotopic (exact) mass is 486 g/mol. The number of nitrogens with one attached hydrogen (secondary N) is 2. The zero-order valence-corrected chi connectivity index (χ0v) is 20.4. The topological polar surface area (TPSA) is 127 Å². The molecule has 0 atom stereocenters. The lowest BCUT2D eigenvalue weighted by molar-refractivity contribution is -0.117. The van der Waals surface area contributed by atoms with Gasteiger partial charge in [0.1, 0.15) is 10.7 Å². The van der Waals surface area contributed by atoms with Crippen LogP contribution in [-0.2, 0) is 14.8 Å². The Labute approximate surface area is 198 Å². The molecule has 5 rings (SSSR count). The Morgan fingerprint density at radius 2 is 1.85 bits per heavy atom. The van der Waals surface area contributed by atoms with Gasteiger partial charge in [0, 0.05) is 37.3 Å². The van der Waals surface area contributed by atoms with Crippen molar-refractivity contribution in [2.24, 2.45) is 5.92 Å². The number of anilines is 2. The van der Waals surface area contributed by atoms with E-state index in [1.165, 1.54) is 0 Å². The van der Waals surface area contributed by atoms with Crippen molar-refractivity contribution in [1.82, 2.24) is 29.1 Å². The summed E-state index contributed by atoms with van der Waals surface area (Å²) in [6.45, 7) is 6.98. The van der Waals surface area contributed by atoms with Crippen molar-refractivity contribution < 1.29 is 13.2 Å². The Morgan fingerprint density at radius 1 is 1.12 bits per heavy atom. The highest BCUT2D eigenvalue weighted by molar-refractivity contribution is 7.89. The van der Waals surface area contributed by atoms with Crippen LogP contribution in [0.1, 0.15) is 51.3 Å². The minimum absolute atomic E-state index is 0.0280. The van der Waals surface area contributed by atoms with E-state index in [9.17, 15) is 13.2 Å². The van der Waals surface area contributed by atoms with Crippen molar-refractivity contribution in [2.45, 2.75) is 63.4 Å². The molecule has 2 fully saturated rings. The minimum Gasteiger partial charge on any atom is -0.356 e. The minimum atomic E-state index is -3.65. The van der Waals surface area contributed by atoms with Crippen LogP contribution in [0, 0.1) is 12.8 Å². The quantitative estimate of drug-likeness (QED) is 0.524. The van der Waals surface area contributed by atoms with Crippen molar-refractivity contribution in [3.63, 3.8) is 0 Å². The van der Waals surface area contributed by atoms with Gasteiger partial charge in [0.05, 0.1) is 5.69 Å². The number of rotatable bonds is 7. The van der Waals surface area contributed by atoms with E-state index in [-0.39, 0.29) is 28.8 Å². The molecule has 1 aliphatic heterocycles. The second kappa shape index (κ2) is 8.66. The molecule has 0 radical (unpaired) electrons. The third-order valence-corrected chi connectivity index (χ3v) is 7.98. The predicted octanol–water partition coefficient (Wildman–Crippen LogP) is 2.11. The lowest BCUT2D eigenvalue weighted by atomic mass is 10.1. The van der Waals surface area contributed by atoms with E-state index < -0.39 is 10.0 Å². The van der Waals surface area contributed by atoms with Gasteiger partial charge in [0.2, 0.25) is 21.9 Å². The van der Waals surface area contributed by atoms with Crippen LogP contribution >= 0.6 is 0 Å². The van der Waals surface area contributed by atoms with E-state index in [0.717, 1.165) is 18.7 Å². The van der Waals surface area contributed by atoms with Gasteiger partial charge < -0.3 is 4.90 Å². The van der Waals surface area contributed by atoms with Crippen LogP contribution in [0.4, 0.5) is 11.8 Å². The Bertz CT molecular complexity index is 1320. The first-order valence-electron chi connectivity index (χ1n) is 11.7. The molecule has 34 heavy (non-hydrogen) atoms. The molecule has 0 bridgehead atoms. The Morgan fingerprint density at radius 3 is 2.50 bits per heavy atom. The fraction of sp³-hybridized carbons (Fsp3) is 0.545. The molecule has 2 aliphatic rings. The molecule has 0 unspecified atom stereocenters. The summed E-state index contributed by atoms with van der Waals surface area (Å²) in [6.07, 6.45) is 4.76. The highest BCUT2D eigenvalue weighted by atomic mass is 32.2. The van der Waals surface area contributed by atoms with Gasteiger partial charge in [-0.1, -0.05) is 6.07 Å². The maximum atomic E-state index is 13.0. The van der Waals surface area contributed by atoms with E-state index in [1.807, 2.05) is 32.0 Å². The van der Waals surface area contributed by atoms with Crippen molar-refractivity contribution in [2.75, 3.05) is 23.3 Å². The molecule has 0 spiro atoms. The Kier molecular flexibility index (Phi) is 5.80. The molecular weight excluding hydrogens is 456 g/mol. The fourth-order valence-electron chi connectivity index (χ4n) is 4.24. The number of sulfonamides is 1. The lowest BCUT2D eigenvalue weighted by Gasteiger charge is -2.33. The van der Waals surface area contributed by atoms with E-state index in [1.54, 1.807) is 22.3 Å². The van der Waals surface area contributed by atoms with Crippen molar-refractivity contribution in [3.05, 3.63) is 30.1 Å². The van der Waals surface area contributed by atoms with Gasteiger partial charge in [-0.15, -0.1) is 5.10 Å². The maximum Gasteiger partial charge on any atom is 0.249 e. The number of aromatic nitrogens is 5. The maximum absolute atomic E-state index is 13.0. The number of hydrogen-bond acceptors (Lipinski definition) is 7. The van der Waals surface area contributed by atoms with E-state index >= 15 is 0 Å². The van der Waals surface area contributed by atoms with Gasteiger partial charge in [-0.25, -0.2) is 13.1 Å². The highest BCUT2D eigenvalue weighted by Crippen LogP contribution is 2.30. The Balaban J connectivity index is 1.26. The van der Waals surface area contributed by atoms with Gasteiger partial charge in [0.15, 0.2) is 5.65 Å². The molecule has 182 valence electrons. The van der Waals surface area contributed by atoms with Crippen LogP contribution in [0.5, 0.6) is 0 Å². The smallest absolute Gasteiger partial charge is 0.249 e. The zero-order chi connectivity index (χ0) is 24.0. The highest BCUT2D eigenvalue weighted by Gasteiger charge is 2.31. The molecule has 1 saturated heterocycles. The number of piperidine rings is 1. The lowest BCUT2D eigenvalue weighted by Crippen LogP contribution is -2.45. The number of carbonyl (C=O) groups excluding carboxylic acids is 1. The van der Waals surface area contributed by atoms with Gasteiger partial charge >= 0.3 is 0 Å². The third kappa shape index (κ3) is 4.51. The number of aryl methyl sites for hydroxylation is 1. The number of hydrogen-bond donors (Lipinski definition) is 2. The average molecular weight is 487 g/mol. The molecule has 0 aromatic carbocycles. The van der Waals surface area contributed by atoms with Crippen LogP contribution in [0.2, 0.25) is 0 Å². The summed E-state index contributed by atoms with van der Waals surface area (Å²) in [5.41, 5.74) is 1.16. The average Bonchev–Trinajstić information content (AvgIpc) is 3.44. The summed E-state index contributed by atoms with van der Waals surface area (Å²) in [6, 6.07) is 5.65. The van der Waals surface area contributed by atoms with Gasteiger partial charge in [0.25, 0.3) is 0 Å². The van der Waals surface area contributed by atoms with Gasteiger partial charge in [-0.3, -0.25) is 14.8 Å². The van der Waals surface area contributed by atoms with Crippen molar-refractivity contribution >= 4 is 33.3 Å². The van der Waals surface area contributed by atoms with Crippen LogP contribution in [0.15, 0.2) is 29.3 Å². The summed E-state index contributed by atoms with van der Waals surface area (Å²) in [7, 11) is -3.65. The first-order valence-corrected chi connectivity index (χ1v) is 13.2. The molecule has 1 amide bonds. The number of nitrogens with zero attached hydrogens (tertiary/aromatic N) is 6. The molecule has 1 aliphatic carbocycles. The van der Waals surface area contributed by atoms with E-state index in [2.05, 4.69) is 30.1 Å². The first kappa shape index (κ1) is 22.8. The first-order chi connectivity index (χ1) is 16.2. The third-order valence-electron chi connectivity index (χ3n) is 6.35. The van der Waals surface area contributed by atoms with Crippen LogP contribution in [0.25, 0.3) is 5.65 Å². The summed E-state index contributed by atoms with van der Waals surface area (Å²) in [5.74, 6) is 1.23. The molecule has 11 nitrogen and oxygen atoms in total. The van der Waals surface area contributed by atoms with Crippen LogP contribution < -0.4 is 14.9 Å².